The fourth-order valence-corrected chi connectivity index (χ4v) is 7.19. The van der Waals surface area contributed by atoms with E-state index in [0.29, 0.717) is 9.87 Å². The Morgan fingerprint density at radius 3 is 2.20 bits per heavy atom. The summed E-state index contributed by atoms with van der Waals surface area (Å²) in [6.07, 6.45) is -2.76. The van der Waals surface area contributed by atoms with E-state index in [1.54, 1.807) is 71.9 Å². The lowest BCUT2D eigenvalue weighted by Gasteiger charge is -2.40. The Bertz CT molecular complexity index is 1720. The van der Waals surface area contributed by atoms with Crippen LogP contribution in [0, 0.1) is 11.7 Å². The maximum atomic E-state index is 16.8. The second kappa shape index (κ2) is 12.9. The minimum atomic E-state index is -4.49. The topological polar surface area (TPSA) is 135 Å². The van der Waals surface area contributed by atoms with Crippen molar-refractivity contribution in [3.05, 3.63) is 53.3 Å². The van der Waals surface area contributed by atoms with Crippen LogP contribution >= 0.6 is 0 Å². The molecule has 1 saturated heterocycles. The van der Waals surface area contributed by atoms with E-state index in [2.05, 4.69) is 0 Å². The Morgan fingerprint density at radius 2 is 1.65 bits per heavy atom. The summed E-state index contributed by atoms with van der Waals surface area (Å²) >= 11 is 0. The quantitative estimate of drug-likeness (QED) is 0.378. The van der Waals surface area contributed by atoms with Gasteiger partial charge in [0.1, 0.15) is 35.8 Å². The van der Waals surface area contributed by atoms with E-state index < -0.39 is 88.3 Å². The number of carbonyl (C=O) groups excluding carboxylic acids is 3. The molecule has 49 heavy (non-hydrogen) atoms. The van der Waals surface area contributed by atoms with Crippen LogP contribution in [0.3, 0.4) is 0 Å². The van der Waals surface area contributed by atoms with Crippen molar-refractivity contribution < 1.29 is 50.2 Å². The van der Waals surface area contributed by atoms with Gasteiger partial charge in [-0.3, -0.25) is 9.69 Å². The number of fused-ring (bicyclic) bond motifs is 1. The van der Waals surface area contributed by atoms with Gasteiger partial charge in [0.25, 0.3) is 5.91 Å². The van der Waals surface area contributed by atoms with Gasteiger partial charge in [-0.1, -0.05) is 30.3 Å². The molecule has 0 aromatic heterocycles. The van der Waals surface area contributed by atoms with E-state index in [0.717, 1.165) is 4.90 Å². The van der Waals surface area contributed by atoms with Crippen molar-refractivity contribution in [2.75, 3.05) is 28.8 Å². The number of rotatable bonds is 8. The number of ether oxygens (including phenoxy) is 3. The molecule has 2 fully saturated rings. The number of carbonyl (C=O) groups is 3. The van der Waals surface area contributed by atoms with Crippen molar-refractivity contribution in [3.63, 3.8) is 0 Å². The second-order valence-electron chi connectivity index (χ2n) is 14.6. The molecule has 16 heteroatoms. The fourth-order valence-electron chi connectivity index (χ4n) is 6.03. The van der Waals surface area contributed by atoms with Crippen LogP contribution in [-0.2, 0) is 37.5 Å². The molecule has 0 bridgehead atoms. The molecule has 3 amide bonds. The minimum absolute atomic E-state index is 0.00115. The lowest BCUT2D eigenvalue weighted by molar-refractivity contribution is -0.117. The Kier molecular flexibility index (Phi) is 9.51. The molecule has 1 atom stereocenters. The van der Waals surface area contributed by atoms with Crippen molar-refractivity contribution in [1.82, 2.24) is 9.62 Å². The first-order valence-electron chi connectivity index (χ1n) is 15.9. The molecule has 0 unspecified atom stereocenters. The Morgan fingerprint density at radius 1 is 1.02 bits per heavy atom. The molecular formula is C33H41F3N4O8S. The van der Waals surface area contributed by atoms with Crippen molar-refractivity contribution >= 4 is 39.7 Å². The number of alkyl halides is 2. The Balaban J connectivity index is 1.58. The number of halogens is 3. The van der Waals surface area contributed by atoms with E-state index in [1.807, 2.05) is 4.72 Å². The molecule has 5 rings (SSSR count). The normalized spacial score (nSPS) is 19.9. The molecule has 1 saturated carbocycles. The summed E-state index contributed by atoms with van der Waals surface area (Å²) in [5.41, 5.74) is -1.87. The number of hydrogen-bond acceptors (Lipinski definition) is 8. The van der Waals surface area contributed by atoms with Crippen LogP contribution in [0.25, 0.3) is 0 Å². The average Bonchev–Trinajstić information content (AvgIpc) is 3.44. The van der Waals surface area contributed by atoms with Crippen LogP contribution < -0.4 is 18.7 Å². The molecule has 1 N–H and O–H groups in total. The first-order valence-corrected chi connectivity index (χ1v) is 17.3. The lowest BCUT2D eigenvalue weighted by atomic mass is 9.81. The second-order valence-corrected chi connectivity index (χ2v) is 16.2. The van der Waals surface area contributed by atoms with Crippen LogP contribution in [0.5, 0.6) is 5.75 Å². The molecule has 0 spiro atoms. The zero-order valence-electron chi connectivity index (χ0n) is 28.2. The molecule has 0 radical (unpaired) electrons. The number of anilines is 2. The lowest BCUT2D eigenvalue weighted by Crippen LogP contribution is -2.52. The number of nitrogens with zero attached hydrogens (tertiary/aromatic N) is 3. The molecular weight excluding hydrogens is 669 g/mol. The van der Waals surface area contributed by atoms with E-state index in [4.69, 9.17) is 14.2 Å². The maximum absolute atomic E-state index is 16.8. The Hall–Kier alpha value is -4.21. The fraction of sp³-hybridized carbons (Fsp3) is 0.545. The van der Waals surface area contributed by atoms with E-state index >= 15 is 4.39 Å². The predicted octanol–water partition coefficient (Wildman–Crippen LogP) is 5.53. The van der Waals surface area contributed by atoms with Crippen LogP contribution in [0.4, 0.5) is 34.1 Å². The van der Waals surface area contributed by atoms with Crippen molar-refractivity contribution in [2.45, 2.75) is 90.6 Å². The summed E-state index contributed by atoms with van der Waals surface area (Å²) in [6.45, 7) is 8.70. The summed E-state index contributed by atoms with van der Waals surface area (Å²) in [7, 11) is -4.49. The maximum Gasteiger partial charge on any atom is 0.415 e. The van der Waals surface area contributed by atoms with Gasteiger partial charge >= 0.3 is 22.4 Å². The van der Waals surface area contributed by atoms with Gasteiger partial charge in [0.2, 0.25) is 5.92 Å². The molecule has 1 aliphatic carbocycles. The van der Waals surface area contributed by atoms with Gasteiger partial charge in [-0.15, -0.1) is 0 Å². The van der Waals surface area contributed by atoms with Gasteiger partial charge in [-0.2, -0.15) is 8.42 Å². The minimum Gasteiger partial charge on any atom is -0.487 e. The molecule has 2 heterocycles. The highest BCUT2D eigenvalue weighted by atomic mass is 32.2. The monoisotopic (exact) mass is 710 g/mol. The highest BCUT2D eigenvalue weighted by molar-refractivity contribution is 7.92. The van der Waals surface area contributed by atoms with E-state index in [9.17, 15) is 31.6 Å². The first kappa shape index (κ1) is 36.1. The Labute approximate surface area is 283 Å². The average molecular weight is 711 g/mol. The van der Waals surface area contributed by atoms with Crippen LogP contribution in [0.2, 0.25) is 0 Å². The van der Waals surface area contributed by atoms with Crippen molar-refractivity contribution in [2.24, 2.45) is 5.92 Å². The summed E-state index contributed by atoms with van der Waals surface area (Å²) in [5.74, 6) is -5.59. The van der Waals surface area contributed by atoms with Crippen molar-refractivity contribution in [3.8, 4) is 5.75 Å². The highest BCUT2D eigenvalue weighted by Gasteiger charge is 2.48. The van der Waals surface area contributed by atoms with Crippen LogP contribution in [0.15, 0.2) is 36.4 Å². The van der Waals surface area contributed by atoms with Crippen molar-refractivity contribution in [1.29, 1.82) is 0 Å². The molecule has 2 aliphatic heterocycles. The van der Waals surface area contributed by atoms with E-state index in [1.165, 1.54) is 11.0 Å². The molecule has 3 aliphatic rings. The summed E-state index contributed by atoms with van der Waals surface area (Å²) in [4.78, 5) is 41.8. The third kappa shape index (κ3) is 8.33. The zero-order valence-corrected chi connectivity index (χ0v) is 29.0. The summed E-state index contributed by atoms with van der Waals surface area (Å²) in [5, 5.41) is 0. The summed E-state index contributed by atoms with van der Waals surface area (Å²) in [6, 6.07) is 9.11. The smallest absolute Gasteiger partial charge is 0.415 e. The number of amides is 3. The number of benzene rings is 2. The van der Waals surface area contributed by atoms with Gasteiger partial charge in [-0.25, -0.2) is 31.8 Å². The molecule has 12 nitrogen and oxygen atoms in total. The largest absolute Gasteiger partial charge is 0.487 e. The third-order valence-electron chi connectivity index (χ3n) is 7.98. The number of nitrogens with one attached hydrogen (secondary N) is 1. The van der Waals surface area contributed by atoms with Gasteiger partial charge in [0.15, 0.2) is 5.82 Å². The SMILES string of the molecule is CC(C)(C)OC(=O)N(CC1CC(F)(F)C1)C[C@H]1Cc2c(cc(OCc3ccccc3)c(N3CC(=O)NS3(=O)=O)c2F)N1C(=O)OC(C)(C)C. The molecule has 268 valence electrons. The van der Waals surface area contributed by atoms with Gasteiger partial charge in [0, 0.05) is 44.0 Å². The zero-order chi connectivity index (χ0) is 36.1. The third-order valence-corrected chi connectivity index (χ3v) is 9.36. The standard InChI is InChI=1S/C33H41F3N4O8S/c1-31(2,3)47-29(42)38(16-21-14-33(35,36)15-21)17-22-12-23-24(40(22)30(43)48-32(4,5)6)13-25(46-19-20-10-8-7-9-11-20)28(27(23)34)39-18-26(41)37-49(39,44)45/h7-11,13,21-22H,12,14-19H2,1-6H3,(H,37,41)/t22-/m1/s1. The van der Waals surface area contributed by atoms with Crippen LogP contribution in [0.1, 0.15) is 65.5 Å². The molecule has 2 aromatic carbocycles. The summed E-state index contributed by atoms with van der Waals surface area (Å²) < 4.78 is 89.9. The van der Waals surface area contributed by atoms with Gasteiger partial charge in [-0.05, 0) is 53.0 Å². The first-order chi connectivity index (χ1) is 22.6. The van der Waals surface area contributed by atoms with Gasteiger partial charge < -0.3 is 19.1 Å². The number of hydrogen-bond donors (Lipinski definition) is 1. The van der Waals surface area contributed by atoms with Gasteiger partial charge in [0.05, 0.1) is 11.7 Å². The highest BCUT2D eigenvalue weighted by Crippen LogP contribution is 2.47. The van der Waals surface area contributed by atoms with E-state index in [-0.39, 0.29) is 43.1 Å². The predicted molar refractivity (Wildman–Crippen MR) is 173 cm³/mol. The van der Waals surface area contributed by atoms with Crippen LogP contribution in [-0.4, -0.2) is 74.2 Å². The molecule has 2 aromatic rings.